The van der Waals surface area contributed by atoms with Gasteiger partial charge in [-0.2, -0.15) is 0 Å². The third kappa shape index (κ3) is 4.88. The Morgan fingerprint density at radius 1 is 1.31 bits per heavy atom. The number of nitrogens with one attached hydrogen (secondary N) is 1. The van der Waals surface area contributed by atoms with Gasteiger partial charge >= 0.3 is 5.97 Å². The molecule has 0 aromatic rings. The Hall–Kier alpha value is -0.570. The number of aliphatic carboxylic acids is 1. The van der Waals surface area contributed by atoms with Gasteiger partial charge in [0, 0.05) is 12.5 Å². The highest BCUT2D eigenvalue weighted by molar-refractivity contribution is 5.66. The zero-order valence-electron chi connectivity index (χ0n) is 8.09. The number of hydrogen-bond donors (Lipinski definition) is 2. The summed E-state index contributed by atoms with van der Waals surface area (Å²) in [5.74, 6) is -0.674. The van der Waals surface area contributed by atoms with Gasteiger partial charge in [0.05, 0.1) is 0 Å². The molecule has 13 heavy (non-hydrogen) atoms. The van der Waals surface area contributed by atoms with Gasteiger partial charge < -0.3 is 10.4 Å². The number of carboxylic acid groups (broad SMARTS) is 1. The van der Waals surface area contributed by atoms with Crippen molar-refractivity contribution < 1.29 is 9.90 Å². The average molecular weight is 185 g/mol. The first-order valence-electron chi connectivity index (χ1n) is 5.24. The fourth-order valence-electron chi connectivity index (χ4n) is 1.50. The number of rotatable bonds is 7. The largest absolute Gasteiger partial charge is 0.481 e. The molecule has 0 unspecified atom stereocenters. The van der Waals surface area contributed by atoms with E-state index in [1.54, 1.807) is 0 Å². The molecule has 76 valence electrons. The molecule has 3 nitrogen and oxygen atoms in total. The van der Waals surface area contributed by atoms with Crippen LogP contribution in [-0.2, 0) is 4.79 Å². The lowest BCUT2D eigenvalue weighted by Gasteiger charge is -2.26. The number of unbranched alkanes of at least 4 members (excludes halogenated alkanes) is 2. The van der Waals surface area contributed by atoms with Gasteiger partial charge in [-0.05, 0) is 32.2 Å². The lowest BCUT2D eigenvalue weighted by molar-refractivity contribution is -0.137. The monoisotopic (exact) mass is 185 g/mol. The number of carboxylic acids is 1. The van der Waals surface area contributed by atoms with E-state index in [1.165, 1.54) is 19.3 Å². The maximum Gasteiger partial charge on any atom is 0.303 e. The van der Waals surface area contributed by atoms with E-state index in [0.29, 0.717) is 6.42 Å². The molecule has 0 spiro atoms. The molecule has 1 aliphatic carbocycles. The van der Waals surface area contributed by atoms with Crippen LogP contribution in [0.2, 0.25) is 0 Å². The van der Waals surface area contributed by atoms with Crippen LogP contribution < -0.4 is 5.32 Å². The van der Waals surface area contributed by atoms with Crippen LogP contribution in [0.5, 0.6) is 0 Å². The van der Waals surface area contributed by atoms with E-state index in [-0.39, 0.29) is 0 Å². The van der Waals surface area contributed by atoms with E-state index in [4.69, 9.17) is 5.11 Å². The van der Waals surface area contributed by atoms with Crippen LogP contribution in [0.15, 0.2) is 0 Å². The van der Waals surface area contributed by atoms with E-state index < -0.39 is 5.97 Å². The third-order valence-corrected chi connectivity index (χ3v) is 2.61. The van der Waals surface area contributed by atoms with E-state index >= 15 is 0 Å². The number of hydrogen-bond acceptors (Lipinski definition) is 2. The van der Waals surface area contributed by atoms with Crippen molar-refractivity contribution in [1.82, 2.24) is 5.32 Å². The van der Waals surface area contributed by atoms with Gasteiger partial charge in [-0.3, -0.25) is 4.79 Å². The van der Waals surface area contributed by atoms with Gasteiger partial charge in [0.1, 0.15) is 0 Å². The smallest absolute Gasteiger partial charge is 0.303 e. The fourth-order valence-corrected chi connectivity index (χ4v) is 1.50. The molecule has 1 rings (SSSR count). The van der Waals surface area contributed by atoms with Crippen molar-refractivity contribution in [2.24, 2.45) is 0 Å². The summed E-state index contributed by atoms with van der Waals surface area (Å²) < 4.78 is 0. The normalized spacial score (nSPS) is 16.9. The van der Waals surface area contributed by atoms with Gasteiger partial charge in [0.2, 0.25) is 0 Å². The molecule has 0 amide bonds. The highest BCUT2D eigenvalue weighted by Gasteiger charge is 2.15. The maximum absolute atomic E-state index is 10.2. The first kappa shape index (κ1) is 10.5. The molecule has 3 heteroatoms. The van der Waals surface area contributed by atoms with E-state index in [9.17, 15) is 4.79 Å². The Balaban J connectivity index is 1.75. The quantitative estimate of drug-likeness (QED) is 0.594. The third-order valence-electron chi connectivity index (χ3n) is 2.61. The number of carbonyl (C=O) groups is 1. The van der Waals surface area contributed by atoms with Crippen LogP contribution in [0.3, 0.4) is 0 Å². The molecule has 0 radical (unpaired) electrons. The minimum Gasteiger partial charge on any atom is -0.481 e. The molecule has 0 saturated heterocycles. The van der Waals surface area contributed by atoms with Crippen LogP contribution in [0.25, 0.3) is 0 Å². The van der Waals surface area contributed by atoms with Crippen LogP contribution >= 0.6 is 0 Å². The molecule has 0 aromatic carbocycles. The second-order valence-corrected chi connectivity index (χ2v) is 3.79. The van der Waals surface area contributed by atoms with Crippen molar-refractivity contribution in [3.8, 4) is 0 Å². The van der Waals surface area contributed by atoms with Crippen LogP contribution in [0.1, 0.15) is 44.9 Å². The van der Waals surface area contributed by atoms with Crippen molar-refractivity contribution in [3.63, 3.8) is 0 Å². The lowest BCUT2D eigenvalue weighted by atomic mass is 9.93. The Morgan fingerprint density at radius 2 is 2.08 bits per heavy atom. The SMILES string of the molecule is O=C(O)CCCCCNC1CCC1. The van der Waals surface area contributed by atoms with Gasteiger partial charge in [-0.1, -0.05) is 12.8 Å². The Kier molecular flexibility index (Phi) is 4.83. The molecule has 0 atom stereocenters. The van der Waals surface area contributed by atoms with Crippen LogP contribution in [0, 0.1) is 0 Å². The molecule has 1 aliphatic rings. The van der Waals surface area contributed by atoms with Gasteiger partial charge in [0.25, 0.3) is 0 Å². The van der Waals surface area contributed by atoms with Crippen molar-refractivity contribution in [2.45, 2.75) is 51.0 Å². The summed E-state index contributed by atoms with van der Waals surface area (Å²) in [7, 11) is 0. The highest BCUT2D eigenvalue weighted by Crippen LogP contribution is 2.17. The molecule has 2 N–H and O–H groups in total. The van der Waals surface area contributed by atoms with Crippen molar-refractivity contribution in [1.29, 1.82) is 0 Å². The Morgan fingerprint density at radius 3 is 2.62 bits per heavy atom. The van der Waals surface area contributed by atoms with Crippen LogP contribution in [0.4, 0.5) is 0 Å². The summed E-state index contributed by atoms with van der Waals surface area (Å²) in [6.45, 7) is 1.06. The Labute approximate surface area is 79.5 Å². The molecule has 1 saturated carbocycles. The summed E-state index contributed by atoms with van der Waals surface area (Å²) in [6.07, 6.45) is 7.32. The summed E-state index contributed by atoms with van der Waals surface area (Å²) >= 11 is 0. The Bertz CT molecular complexity index is 155. The molecular formula is C10H19NO2. The summed E-state index contributed by atoms with van der Waals surface area (Å²) in [6, 6.07) is 0.763. The zero-order chi connectivity index (χ0) is 9.52. The average Bonchev–Trinajstić information content (AvgIpc) is 1.99. The highest BCUT2D eigenvalue weighted by atomic mass is 16.4. The molecule has 0 aliphatic heterocycles. The summed E-state index contributed by atoms with van der Waals surface area (Å²) in [5, 5.41) is 11.8. The topological polar surface area (TPSA) is 49.3 Å². The summed E-state index contributed by atoms with van der Waals surface area (Å²) in [5.41, 5.74) is 0. The molecule has 0 heterocycles. The minimum atomic E-state index is -0.674. The first-order chi connectivity index (χ1) is 6.29. The van der Waals surface area contributed by atoms with Gasteiger partial charge in [0.15, 0.2) is 0 Å². The minimum absolute atomic E-state index is 0.323. The first-order valence-corrected chi connectivity index (χ1v) is 5.24. The zero-order valence-corrected chi connectivity index (χ0v) is 8.09. The second kappa shape index (κ2) is 5.97. The van der Waals surface area contributed by atoms with E-state index in [1.807, 2.05) is 0 Å². The van der Waals surface area contributed by atoms with Crippen molar-refractivity contribution in [3.05, 3.63) is 0 Å². The maximum atomic E-state index is 10.2. The fraction of sp³-hybridized carbons (Fsp3) is 0.900. The summed E-state index contributed by atoms with van der Waals surface area (Å²) in [4.78, 5) is 10.2. The van der Waals surface area contributed by atoms with Crippen molar-refractivity contribution >= 4 is 5.97 Å². The van der Waals surface area contributed by atoms with Gasteiger partial charge in [-0.15, -0.1) is 0 Å². The molecular weight excluding hydrogens is 166 g/mol. The van der Waals surface area contributed by atoms with E-state index in [0.717, 1.165) is 31.8 Å². The molecule has 1 fully saturated rings. The van der Waals surface area contributed by atoms with Crippen LogP contribution in [-0.4, -0.2) is 23.7 Å². The van der Waals surface area contributed by atoms with Crippen molar-refractivity contribution in [2.75, 3.05) is 6.54 Å². The second-order valence-electron chi connectivity index (χ2n) is 3.79. The lowest BCUT2D eigenvalue weighted by Crippen LogP contribution is -2.35. The predicted molar refractivity (Wildman–Crippen MR) is 51.7 cm³/mol. The van der Waals surface area contributed by atoms with E-state index in [2.05, 4.69) is 5.32 Å². The predicted octanol–water partition coefficient (Wildman–Crippen LogP) is 1.77. The molecule has 0 bridgehead atoms. The molecule has 0 aromatic heterocycles. The van der Waals surface area contributed by atoms with Gasteiger partial charge in [-0.25, -0.2) is 0 Å². The standard InChI is InChI=1S/C10H19NO2/c12-10(13)7-2-1-3-8-11-9-5-4-6-9/h9,11H,1-8H2,(H,12,13).